The Morgan fingerprint density at radius 2 is 1.88 bits per heavy atom. The van der Waals surface area contributed by atoms with Crippen LogP contribution in [-0.2, 0) is 13.1 Å². The Kier molecular flexibility index (Phi) is 5.33. The standard InChI is InChI=1S/C27H22FNO3/c1-18-14-24-22(16-29(17-31-24)15-20-10-12-21(28)13-11-20)27-25(18)26(30)23(32-27)9-5-8-19-6-3-2-4-7-19/h2-14H,15-17H2,1H3/b8-5+,23-9-. The third kappa shape index (κ3) is 3.95. The highest BCUT2D eigenvalue weighted by Crippen LogP contribution is 2.43. The number of halogens is 1. The molecule has 0 aliphatic carbocycles. The third-order valence-electron chi connectivity index (χ3n) is 5.64. The van der Waals surface area contributed by atoms with Crippen LogP contribution in [0.25, 0.3) is 6.08 Å². The highest BCUT2D eigenvalue weighted by molar-refractivity contribution is 6.14. The minimum Gasteiger partial charge on any atom is -0.478 e. The minimum absolute atomic E-state index is 0.117. The van der Waals surface area contributed by atoms with Crippen LogP contribution in [0, 0.1) is 12.7 Å². The van der Waals surface area contributed by atoms with Crippen molar-refractivity contribution in [1.82, 2.24) is 4.90 Å². The van der Waals surface area contributed by atoms with Gasteiger partial charge in [-0.15, -0.1) is 0 Å². The Morgan fingerprint density at radius 3 is 2.66 bits per heavy atom. The van der Waals surface area contributed by atoms with E-state index >= 15 is 0 Å². The summed E-state index contributed by atoms with van der Waals surface area (Å²) in [5, 5.41) is 0. The van der Waals surface area contributed by atoms with Crippen LogP contribution in [0.1, 0.15) is 32.6 Å². The molecule has 0 spiro atoms. The zero-order valence-corrected chi connectivity index (χ0v) is 17.7. The quantitative estimate of drug-likeness (QED) is 0.504. The summed E-state index contributed by atoms with van der Waals surface area (Å²) in [5.41, 5.74) is 4.33. The van der Waals surface area contributed by atoms with Crippen LogP contribution >= 0.6 is 0 Å². The Balaban J connectivity index is 1.40. The van der Waals surface area contributed by atoms with E-state index in [1.54, 1.807) is 18.2 Å². The molecule has 4 nitrogen and oxygen atoms in total. The van der Waals surface area contributed by atoms with E-state index in [2.05, 4.69) is 4.90 Å². The lowest BCUT2D eigenvalue weighted by Gasteiger charge is -2.30. The predicted octanol–water partition coefficient (Wildman–Crippen LogP) is 5.66. The van der Waals surface area contributed by atoms with E-state index in [9.17, 15) is 9.18 Å². The zero-order chi connectivity index (χ0) is 22.1. The number of hydrogen-bond donors (Lipinski definition) is 0. The number of fused-ring (bicyclic) bond motifs is 3. The summed E-state index contributed by atoms with van der Waals surface area (Å²) in [6.07, 6.45) is 5.47. The normalized spacial score (nSPS) is 16.7. The van der Waals surface area contributed by atoms with E-state index in [-0.39, 0.29) is 11.6 Å². The molecule has 160 valence electrons. The van der Waals surface area contributed by atoms with Crippen LogP contribution in [0.4, 0.5) is 4.39 Å². The van der Waals surface area contributed by atoms with Gasteiger partial charge in [0, 0.05) is 13.1 Å². The van der Waals surface area contributed by atoms with E-state index in [4.69, 9.17) is 9.47 Å². The molecule has 0 radical (unpaired) electrons. The van der Waals surface area contributed by atoms with Gasteiger partial charge in [-0.25, -0.2) is 4.39 Å². The van der Waals surface area contributed by atoms with Gasteiger partial charge in [0.25, 0.3) is 0 Å². The molecular formula is C27H22FNO3. The lowest BCUT2D eigenvalue weighted by atomic mass is 9.98. The Hall–Kier alpha value is -3.70. The van der Waals surface area contributed by atoms with Crippen molar-refractivity contribution in [3.05, 3.63) is 112 Å². The second-order valence-electron chi connectivity index (χ2n) is 7.99. The van der Waals surface area contributed by atoms with Crippen molar-refractivity contribution in [1.29, 1.82) is 0 Å². The van der Waals surface area contributed by atoms with Crippen LogP contribution < -0.4 is 9.47 Å². The molecule has 3 aromatic rings. The number of ether oxygens (including phenoxy) is 2. The summed E-state index contributed by atoms with van der Waals surface area (Å²) >= 11 is 0. The van der Waals surface area contributed by atoms with Gasteiger partial charge in [0.2, 0.25) is 5.78 Å². The fourth-order valence-electron chi connectivity index (χ4n) is 4.05. The van der Waals surface area contributed by atoms with Gasteiger partial charge in [-0.2, -0.15) is 0 Å². The Labute approximate surface area is 186 Å². The number of aryl methyl sites for hydroxylation is 1. The maximum atomic E-state index is 13.2. The molecule has 0 unspecified atom stereocenters. The first-order chi connectivity index (χ1) is 15.6. The lowest BCUT2D eigenvalue weighted by molar-refractivity contribution is 0.0871. The molecular weight excluding hydrogens is 405 g/mol. The van der Waals surface area contributed by atoms with Crippen LogP contribution in [0.15, 0.2) is 78.6 Å². The van der Waals surface area contributed by atoms with Crippen LogP contribution in [0.5, 0.6) is 11.5 Å². The van der Waals surface area contributed by atoms with Crippen molar-refractivity contribution in [2.24, 2.45) is 0 Å². The molecule has 0 bridgehead atoms. The van der Waals surface area contributed by atoms with Gasteiger partial charge < -0.3 is 9.47 Å². The summed E-state index contributed by atoms with van der Waals surface area (Å²) in [7, 11) is 0. The Morgan fingerprint density at radius 1 is 1.09 bits per heavy atom. The van der Waals surface area contributed by atoms with Crippen LogP contribution in [0.2, 0.25) is 0 Å². The molecule has 5 heteroatoms. The van der Waals surface area contributed by atoms with Gasteiger partial charge in [-0.1, -0.05) is 54.6 Å². The number of hydrogen-bond acceptors (Lipinski definition) is 4. The fraction of sp³-hybridized carbons (Fsp3) is 0.148. The van der Waals surface area contributed by atoms with Gasteiger partial charge in [-0.05, 0) is 47.9 Å². The molecule has 0 fully saturated rings. The number of carbonyl (C=O) groups is 1. The predicted molar refractivity (Wildman–Crippen MR) is 121 cm³/mol. The summed E-state index contributed by atoms with van der Waals surface area (Å²) < 4.78 is 25.2. The van der Waals surface area contributed by atoms with Gasteiger partial charge in [0.1, 0.15) is 24.0 Å². The van der Waals surface area contributed by atoms with E-state index < -0.39 is 0 Å². The van der Waals surface area contributed by atoms with E-state index in [0.29, 0.717) is 36.9 Å². The number of allylic oxidation sites excluding steroid dienone is 3. The van der Waals surface area contributed by atoms with E-state index in [0.717, 1.165) is 28.0 Å². The molecule has 5 rings (SSSR count). The first-order valence-corrected chi connectivity index (χ1v) is 10.5. The maximum absolute atomic E-state index is 13.2. The SMILES string of the molecule is Cc1cc2c(c3c1C(=O)/C(=C/C=C/c1ccccc1)O3)CN(Cc1ccc(F)cc1)CO2. The summed E-state index contributed by atoms with van der Waals surface area (Å²) in [6, 6.07) is 18.2. The molecule has 0 aromatic heterocycles. The van der Waals surface area contributed by atoms with Crippen LogP contribution in [-0.4, -0.2) is 17.4 Å². The van der Waals surface area contributed by atoms with Crippen LogP contribution in [0.3, 0.4) is 0 Å². The molecule has 2 aliphatic heterocycles. The van der Waals surface area contributed by atoms with E-state index in [1.165, 1.54) is 12.1 Å². The second-order valence-corrected chi connectivity index (χ2v) is 7.99. The first kappa shape index (κ1) is 20.2. The smallest absolute Gasteiger partial charge is 0.232 e. The third-order valence-corrected chi connectivity index (χ3v) is 5.64. The molecule has 2 aliphatic rings. The molecule has 2 heterocycles. The highest BCUT2D eigenvalue weighted by Gasteiger charge is 2.35. The fourth-order valence-corrected chi connectivity index (χ4v) is 4.05. The van der Waals surface area contributed by atoms with Crippen molar-refractivity contribution in [2.75, 3.05) is 6.73 Å². The van der Waals surface area contributed by atoms with E-state index in [1.807, 2.05) is 55.5 Å². The second kappa shape index (κ2) is 8.44. The lowest BCUT2D eigenvalue weighted by Crippen LogP contribution is -2.31. The average molecular weight is 427 g/mol. The summed E-state index contributed by atoms with van der Waals surface area (Å²) in [4.78, 5) is 15.1. The van der Waals surface area contributed by atoms with Gasteiger partial charge >= 0.3 is 0 Å². The van der Waals surface area contributed by atoms with Gasteiger partial charge in [0.15, 0.2) is 5.76 Å². The molecule has 0 atom stereocenters. The molecule has 32 heavy (non-hydrogen) atoms. The number of carbonyl (C=O) groups excluding carboxylic acids is 1. The molecule has 0 amide bonds. The van der Waals surface area contributed by atoms with Crippen molar-refractivity contribution < 1.29 is 18.7 Å². The van der Waals surface area contributed by atoms with Gasteiger partial charge in [-0.3, -0.25) is 9.69 Å². The first-order valence-electron chi connectivity index (χ1n) is 10.5. The average Bonchev–Trinajstić information content (AvgIpc) is 3.14. The van der Waals surface area contributed by atoms with Crippen molar-refractivity contribution in [2.45, 2.75) is 20.0 Å². The van der Waals surface area contributed by atoms with Crippen molar-refractivity contribution >= 4 is 11.9 Å². The van der Waals surface area contributed by atoms with Crippen molar-refractivity contribution in [3.8, 4) is 11.5 Å². The minimum atomic E-state index is -0.255. The summed E-state index contributed by atoms with van der Waals surface area (Å²) in [6.45, 7) is 3.50. The van der Waals surface area contributed by atoms with Gasteiger partial charge in [0.05, 0.1) is 11.1 Å². The maximum Gasteiger partial charge on any atom is 0.232 e. The number of ketones is 1. The molecule has 0 N–H and O–H groups in total. The largest absolute Gasteiger partial charge is 0.478 e. The van der Waals surface area contributed by atoms with Crippen molar-refractivity contribution in [3.63, 3.8) is 0 Å². The topological polar surface area (TPSA) is 38.8 Å². The Bertz CT molecular complexity index is 1230. The molecule has 0 saturated heterocycles. The number of Topliss-reactive ketones (excluding diaryl/α,β-unsaturated/α-hetero) is 1. The summed E-state index contributed by atoms with van der Waals surface area (Å²) in [5.74, 6) is 1.25. The monoisotopic (exact) mass is 427 g/mol. The number of benzene rings is 3. The molecule has 3 aromatic carbocycles. The molecule has 0 saturated carbocycles. The number of rotatable bonds is 4. The zero-order valence-electron chi connectivity index (χ0n) is 17.7. The number of nitrogens with zero attached hydrogens (tertiary/aromatic N) is 1. The highest BCUT2D eigenvalue weighted by atomic mass is 19.1.